The fourth-order valence-electron chi connectivity index (χ4n) is 2.11. The Balaban J connectivity index is 2.11. The van der Waals surface area contributed by atoms with E-state index in [9.17, 15) is 9.59 Å². The lowest BCUT2D eigenvalue weighted by Crippen LogP contribution is -2.30. The Kier molecular flexibility index (Phi) is 4.57. The highest BCUT2D eigenvalue weighted by molar-refractivity contribution is 5.95. The summed E-state index contributed by atoms with van der Waals surface area (Å²) < 4.78 is 10.4. The van der Waals surface area contributed by atoms with Crippen molar-refractivity contribution in [2.75, 3.05) is 25.6 Å². The van der Waals surface area contributed by atoms with Gasteiger partial charge in [-0.05, 0) is 31.0 Å². The van der Waals surface area contributed by atoms with E-state index in [1.807, 2.05) is 0 Å². The minimum Gasteiger partial charge on any atom is -0.495 e. The molecular weight excluding hydrogens is 262 g/mol. The van der Waals surface area contributed by atoms with E-state index in [-0.39, 0.29) is 17.4 Å². The Morgan fingerprint density at radius 3 is 2.85 bits per heavy atom. The zero-order chi connectivity index (χ0) is 14.5. The highest BCUT2D eigenvalue weighted by atomic mass is 16.5. The summed E-state index contributed by atoms with van der Waals surface area (Å²) in [6.07, 6.45) is 1.66. The SMILES string of the molecule is COc1cc(C(=O)O)ccc1NC(=O)C1CCCOC1. The number of nitrogens with one attached hydrogen (secondary N) is 1. The van der Waals surface area contributed by atoms with Crippen LogP contribution in [0.1, 0.15) is 23.2 Å². The zero-order valence-corrected chi connectivity index (χ0v) is 11.2. The third-order valence-electron chi connectivity index (χ3n) is 3.24. The van der Waals surface area contributed by atoms with E-state index in [0.29, 0.717) is 24.7 Å². The third kappa shape index (κ3) is 3.27. The zero-order valence-electron chi connectivity index (χ0n) is 11.2. The second-order valence-corrected chi connectivity index (χ2v) is 4.62. The van der Waals surface area contributed by atoms with Crippen molar-refractivity contribution in [2.24, 2.45) is 5.92 Å². The fourth-order valence-corrected chi connectivity index (χ4v) is 2.11. The highest BCUT2D eigenvalue weighted by Gasteiger charge is 2.22. The standard InChI is InChI=1S/C14H17NO5/c1-19-12-7-9(14(17)18)4-5-11(12)15-13(16)10-3-2-6-20-8-10/h4-5,7,10H,2-3,6,8H2,1H3,(H,15,16)(H,17,18). The number of carbonyl (C=O) groups excluding carboxylic acids is 1. The normalized spacial score (nSPS) is 18.4. The van der Waals surface area contributed by atoms with Crippen LogP contribution in [0.5, 0.6) is 5.75 Å². The van der Waals surface area contributed by atoms with Gasteiger partial charge in [0.2, 0.25) is 5.91 Å². The summed E-state index contributed by atoms with van der Waals surface area (Å²) in [5, 5.41) is 11.7. The summed E-state index contributed by atoms with van der Waals surface area (Å²) in [6, 6.07) is 4.34. The lowest BCUT2D eigenvalue weighted by atomic mass is 10.0. The number of carbonyl (C=O) groups is 2. The van der Waals surface area contributed by atoms with Crippen LogP contribution in [-0.4, -0.2) is 37.3 Å². The average molecular weight is 279 g/mol. The summed E-state index contributed by atoms with van der Waals surface area (Å²) in [7, 11) is 1.43. The van der Waals surface area contributed by atoms with Crippen LogP contribution in [0.2, 0.25) is 0 Å². The molecule has 1 aromatic rings. The average Bonchev–Trinajstić information content (AvgIpc) is 2.48. The first kappa shape index (κ1) is 14.3. The predicted molar refractivity (Wildman–Crippen MR) is 72.1 cm³/mol. The molecule has 0 radical (unpaired) electrons. The molecule has 108 valence electrons. The molecule has 1 atom stereocenters. The van der Waals surface area contributed by atoms with Crippen LogP contribution >= 0.6 is 0 Å². The van der Waals surface area contributed by atoms with Crippen molar-refractivity contribution in [1.29, 1.82) is 0 Å². The van der Waals surface area contributed by atoms with Crippen molar-refractivity contribution in [3.63, 3.8) is 0 Å². The number of hydrogen-bond acceptors (Lipinski definition) is 4. The molecule has 0 bridgehead atoms. The van der Waals surface area contributed by atoms with Crippen LogP contribution in [0, 0.1) is 5.92 Å². The topological polar surface area (TPSA) is 84.9 Å². The Hall–Kier alpha value is -2.08. The van der Waals surface area contributed by atoms with E-state index in [1.54, 1.807) is 0 Å². The van der Waals surface area contributed by atoms with E-state index in [2.05, 4.69) is 5.32 Å². The van der Waals surface area contributed by atoms with E-state index < -0.39 is 5.97 Å². The van der Waals surface area contributed by atoms with Gasteiger partial charge in [-0.15, -0.1) is 0 Å². The summed E-state index contributed by atoms with van der Waals surface area (Å²) >= 11 is 0. The minimum atomic E-state index is -1.04. The first-order valence-electron chi connectivity index (χ1n) is 6.41. The number of aromatic carboxylic acids is 1. The second kappa shape index (κ2) is 6.38. The predicted octanol–water partition coefficient (Wildman–Crippen LogP) is 1.76. The first-order valence-corrected chi connectivity index (χ1v) is 6.41. The lowest BCUT2D eigenvalue weighted by molar-refractivity contribution is -0.123. The molecule has 0 aliphatic carbocycles. The number of carboxylic acids is 1. The molecule has 1 fully saturated rings. The molecule has 2 N–H and O–H groups in total. The number of amides is 1. The van der Waals surface area contributed by atoms with Crippen molar-refractivity contribution in [1.82, 2.24) is 0 Å². The quantitative estimate of drug-likeness (QED) is 0.877. The number of carboxylic acid groups (broad SMARTS) is 1. The Bertz CT molecular complexity index is 508. The van der Waals surface area contributed by atoms with E-state index in [4.69, 9.17) is 14.6 Å². The Labute approximate surface area is 116 Å². The smallest absolute Gasteiger partial charge is 0.335 e. The van der Waals surface area contributed by atoms with Crippen LogP contribution < -0.4 is 10.1 Å². The maximum absolute atomic E-state index is 12.1. The van der Waals surface area contributed by atoms with Crippen LogP contribution in [0.3, 0.4) is 0 Å². The summed E-state index contributed by atoms with van der Waals surface area (Å²) in [4.78, 5) is 23.0. The highest BCUT2D eigenvalue weighted by Crippen LogP contribution is 2.27. The Morgan fingerprint density at radius 1 is 1.45 bits per heavy atom. The summed E-state index contributed by atoms with van der Waals surface area (Å²) in [5.74, 6) is -1.02. The van der Waals surface area contributed by atoms with E-state index in [1.165, 1.54) is 25.3 Å². The molecule has 6 nitrogen and oxygen atoms in total. The second-order valence-electron chi connectivity index (χ2n) is 4.62. The van der Waals surface area contributed by atoms with Crippen molar-refractivity contribution in [3.8, 4) is 5.75 Å². The molecule has 20 heavy (non-hydrogen) atoms. The molecule has 1 aliphatic heterocycles. The number of rotatable bonds is 4. The van der Waals surface area contributed by atoms with Gasteiger partial charge in [0, 0.05) is 6.61 Å². The number of methoxy groups -OCH3 is 1. The van der Waals surface area contributed by atoms with Gasteiger partial charge in [-0.2, -0.15) is 0 Å². The van der Waals surface area contributed by atoms with Crippen LogP contribution in [0.15, 0.2) is 18.2 Å². The van der Waals surface area contributed by atoms with Gasteiger partial charge >= 0.3 is 5.97 Å². The van der Waals surface area contributed by atoms with Gasteiger partial charge in [-0.25, -0.2) is 4.79 Å². The third-order valence-corrected chi connectivity index (χ3v) is 3.24. The number of anilines is 1. The van der Waals surface area contributed by atoms with Gasteiger partial charge in [-0.3, -0.25) is 4.79 Å². The fraction of sp³-hybridized carbons (Fsp3) is 0.429. The van der Waals surface area contributed by atoms with Gasteiger partial charge < -0.3 is 19.9 Å². The van der Waals surface area contributed by atoms with Gasteiger partial charge in [0.05, 0.1) is 30.9 Å². The monoisotopic (exact) mass is 279 g/mol. The number of hydrogen-bond donors (Lipinski definition) is 2. The van der Waals surface area contributed by atoms with Gasteiger partial charge in [0.25, 0.3) is 0 Å². The first-order chi connectivity index (χ1) is 9.61. The molecule has 1 amide bonds. The Morgan fingerprint density at radius 2 is 2.25 bits per heavy atom. The number of benzene rings is 1. The molecule has 6 heteroatoms. The van der Waals surface area contributed by atoms with Gasteiger partial charge in [0.15, 0.2) is 0 Å². The van der Waals surface area contributed by atoms with Crippen molar-refractivity contribution in [2.45, 2.75) is 12.8 Å². The maximum atomic E-state index is 12.1. The molecule has 1 heterocycles. The minimum absolute atomic E-state index is 0.112. The lowest BCUT2D eigenvalue weighted by Gasteiger charge is -2.21. The molecule has 2 rings (SSSR count). The summed E-state index contributed by atoms with van der Waals surface area (Å²) in [5.41, 5.74) is 0.578. The molecule has 0 aromatic heterocycles. The van der Waals surface area contributed by atoms with Gasteiger partial charge in [-0.1, -0.05) is 0 Å². The molecule has 0 saturated carbocycles. The van der Waals surface area contributed by atoms with Crippen LogP contribution in [-0.2, 0) is 9.53 Å². The van der Waals surface area contributed by atoms with E-state index in [0.717, 1.165) is 12.8 Å². The largest absolute Gasteiger partial charge is 0.495 e. The van der Waals surface area contributed by atoms with Crippen molar-refractivity contribution < 1.29 is 24.2 Å². The van der Waals surface area contributed by atoms with Crippen LogP contribution in [0.4, 0.5) is 5.69 Å². The van der Waals surface area contributed by atoms with Gasteiger partial charge in [0.1, 0.15) is 5.75 Å². The molecule has 0 spiro atoms. The van der Waals surface area contributed by atoms with Crippen molar-refractivity contribution >= 4 is 17.6 Å². The molecule has 1 aliphatic rings. The maximum Gasteiger partial charge on any atom is 0.335 e. The molecular formula is C14H17NO5. The number of ether oxygens (including phenoxy) is 2. The van der Waals surface area contributed by atoms with E-state index >= 15 is 0 Å². The van der Waals surface area contributed by atoms with Crippen molar-refractivity contribution in [3.05, 3.63) is 23.8 Å². The molecule has 1 unspecified atom stereocenters. The van der Waals surface area contributed by atoms with Crippen LogP contribution in [0.25, 0.3) is 0 Å². The summed E-state index contributed by atoms with van der Waals surface area (Å²) in [6.45, 7) is 1.11. The molecule has 1 aromatic carbocycles. The molecule has 1 saturated heterocycles.